The fourth-order valence-corrected chi connectivity index (χ4v) is 3.37. The molecule has 1 fully saturated rings. The van der Waals surface area contributed by atoms with E-state index in [-0.39, 0.29) is 6.10 Å². The minimum Gasteiger partial charge on any atom is -0.491 e. The highest BCUT2D eigenvalue weighted by Crippen LogP contribution is 2.24. The van der Waals surface area contributed by atoms with Crippen LogP contribution in [-0.2, 0) is 14.3 Å². The van der Waals surface area contributed by atoms with Gasteiger partial charge in [0.1, 0.15) is 25.0 Å². The van der Waals surface area contributed by atoms with Crippen molar-refractivity contribution >= 4 is 29.2 Å². The SMILES string of the molecule is O=C(COC(=O)c1ccc(OCC2CCCO2)cc1)Nc1cc(Cl)ccc1-n1cncn1. The topological polar surface area (TPSA) is 105 Å². The number of anilines is 1. The molecule has 1 saturated heterocycles. The van der Waals surface area contributed by atoms with Gasteiger partial charge in [-0.2, -0.15) is 5.10 Å². The lowest BCUT2D eigenvalue weighted by Crippen LogP contribution is -2.21. The Kier molecular flexibility index (Phi) is 6.98. The minimum absolute atomic E-state index is 0.114. The highest BCUT2D eigenvalue weighted by molar-refractivity contribution is 6.31. The van der Waals surface area contributed by atoms with Gasteiger partial charge in [-0.25, -0.2) is 14.5 Å². The van der Waals surface area contributed by atoms with Crippen LogP contribution in [0, 0.1) is 0 Å². The van der Waals surface area contributed by atoms with Gasteiger partial charge in [0.25, 0.3) is 5.91 Å². The molecule has 1 unspecified atom stereocenters. The van der Waals surface area contributed by atoms with Crippen LogP contribution in [0.15, 0.2) is 55.1 Å². The summed E-state index contributed by atoms with van der Waals surface area (Å²) < 4.78 is 17.8. The lowest BCUT2D eigenvalue weighted by atomic mass is 10.2. The second kappa shape index (κ2) is 10.3. The summed E-state index contributed by atoms with van der Waals surface area (Å²) in [5.74, 6) is -0.497. The number of carbonyl (C=O) groups is 2. The lowest BCUT2D eigenvalue weighted by molar-refractivity contribution is -0.119. The monoisotopic (exact) mass is 456 g/mol. The number of amides is 1. The maximum absolute atomic E-state index is 12.3. The van der Waals surface area contributed by atoms with E-state index in [4.69, 9.17) is 25.8 Å². The van der Waals surface area contributed by atoms with Gasteiger partial charge in [-0.05, 0) is 55.3 Å². The summed E-state index contributed by atoms with van der Waals surface area (Å²) in [4.78, 5) is 28.5. The zero-order valence-corrected chi connectivity index (χ0v) is 17.8. The molecular weight excluding hydrogens is 436 g/mol. The van der Waals surface area contributed by atoms with Crippen LogP contribution in [0.1, 0.15) is 23.2 Å². The maximum atomic E-state index is 12.3. The second-order valence-corrected chi connectivity index (χ2v) is 7.53. The van der Waals surface area contributed by atoms with Crippen molar-refractivity contribution in [1.29, 1.82) is 0 Å². The van der Waals surface area contributed by atoms with Gasteiger partial charge in [-0.15, -0.1) is 0 Å². The number of benzene rings is 2. The Morgan fingerprint density at radius 3 is 2.78 bits per heavy atom. The number of rotatable bonds is 8. The standard InChI is InChI=1S/C22H21ClN4O5/c23-16-5-8-20(27-14-24-13-25-27)19(10-16)26-21(28)12-32-22(29)15-3-6-17(7-4-15)31-11-18-2-1-9-30-18/h3-8,10,13-14,18H,1-2,9,11-12H2,(H,26,28). The fraction of sp³-hybridized carbons (Fsp3) is 0.273. The van der Waals surface area contributed by atoms with Crippen LogP contribution in [0.4, 0.5) is 5.69 Å². The first kappa shape index (κ1) is 21.8. The van der Waals surface area contributed by atoms with E-state index < -0.39 is 18.5 Å². The Morgan fingerprint density at radius 2 is 2.06 bits per heavy atom. The first-order valence-electron chi connectivity index (χ1n) is 10.0. The average Bonchev–Trinajstić information content (AvgIpc) is 3.51. The zero-order valence-electron chi connectivity index (χ0n) is 17.1. The molecule has 1 N–H and O–H groups in total. The third-order valence-corrected chi connectivity index (χ3v) is 5.02. The highest BCUT2D eigenvalue weighted by Gasteiger charge is 2.17. The van der Waals surface area contributed by atoms with Gasteiger partial charge < -0.3 is 19.5 Å². The van der Waals surface area contributed by atoms with Crippen LogP contribution >= 0.6 is 11.6 Å². The second-order valence-electron chi connectivity index (χ2n) is 7.10. The average molecular weight is 457 g/mol. The van der Waals surface area contributed by atoms with E-state index in [1.54, 1.807) is 42.5 Å². The molecule has 0 radical (unpaired) electrons. The molecule has 2 heterocycles. The van der Waals surface area contributed by atoms with E-state index in [1.807, 2.05) is 0 Å². The largest absolute Gasteiger partial charge is 0.491 e. The summed E-state index contributed by atoms with van der Waals surface area (Å²) in [5, 5.41) is 7.16. The molecule has 1 aliphatic heterocycles. The molecular formula is C22H21ClN4O5. The molecule has 0 spiro atoms. The van der Waals surface area contributed by atoms with Crippen LogP contribution < -0.4 is 10.1 Å². The van der Waals surface area contributed by atoms with Crippen LogP contribution in [0.2, 0.25) is 5.02 Å². The summed E-state index contributed by atoms with van der Waals surface area (Å²) in [7, 11) is 0. The first-order chi connectivity index (χ1) is 15.6. The van der Waals surface area contributed by atoms with Crippen molar-refractivity contribution in [3.63, 3.8) is 0 Å². The number of esters is 1. The molecule has 1 aromatic heterocycles. The van der Waals surface area contributed by atoms with Crippen LogP contribution in [0.5, 0.6) is 5.75 Å². The van der Waals surface area contributed by atoms with Crippen molar-refractivity contribution in [2.75, 3.05) is 25.1 Å². The molecule has 3 aromatic rings. The Balaban J connectivity index is 1.29. The van der Waals surface area contributed by atoms with Gasteiger partial charge in [-0.1, -0.05) is 11.6 Å². The normalized spacial score (nSPS) is 15.3. The van der Waals surface area contributed by atoms with E-state index in [0.29, 0.717) is 34.3 Å². The number of carbonyl (C=O) groups excluding carboxylic acids is 2. The third kappa shape index (κ3) is 5.63. The Labute approximate surface area is 189 Å². The molecule has 2 aromatic carbocycles. The number of aromatic nitrogens is 3. The molecule has 4 rings (SSSR count). The number of nitrogens with zero attached hydrogens (tertiary/aromatic N) is 3. The van der Waals surface area contributed by atoms with E-state index in [9.17, 15) is 9.59 Å². The third-order valence-electron chi connectivity index (χ3n) is 4.78. The molecule has 1 amide bonds. The van der Waals surface area contributed by atoms with Crippen molar-refractivity contribution in [3.8, 4) is 11.4 Å². The number of halogens is 1. The van der Waals surface area contributed by atoms with Gasteiger partial charge in [0, 0.05) is 11.6 Å². The zero-order chi connectivity index (χ0) is 22.3. The van der Waals surface area contributed by atoms with E-state index in [2.05, 4.69) is 15.4 Å². The highest BCUT2D eigenvalue weighted by atomic mass is 35.5. The van der Waals surface area contributed by atoms with Gasteiger partial charge in [0.05, 0.1) is 23.0 Å². The Bertz CT molecular complexity index is 1070. The van der Waals surface area contributed by atoms with Crippen molar-refractivity contribution < 1.29 is 23.8 Å². The van der Waals surface area contributed by atoms with E-state index >= 15 is 0 Å². The first-order valence-corrected chi connectivity index (χ1v) is 10.4. The molecule has 0 aliphatic carbocycles. The van der Waals surface area contributed by atoms with Gasteiger partial charge >= 0.3 is 5.97 Å². The molecule has 9 nitrogen and oxygen atoms in total. The van der Waals surface area contributed by atoms with Crippen molar-refractivity contribution in [3.05, 3.63) is 65.7 Å². The summed E-state index contributed by atoms with van der Waals surface area (Å²) in [6.45, 7) is 0.787. The smallest absolute Gasteiger partial charge is 0.338 e. The summed E-state index contributed by atoms with van der Waals surface area (Å²) in [6, 6.07) is 11.5. The number of nitrogens with one attached hydrogen (secondary N) is 1. The molecule has 0 saturated carbocycles. The fourth-order valence-electron chi connectivity index (χ4n) is 3.19. The quantitative estimate of drug-likeness (QED) is 0.518. The van der Waals surface area contributed by atoms with Crippen LogP contribution in [-0.4, -0.2) is 52.6 Å². The predicted octanol–water partition coefficient (Wildman–Crippen LogP) is 3.27. The van der Waals surface area contributed by atoms with Gasteiger partial charge in [-0.3, -0.25) is 4.79 Å². The van der Waals surface area contributed by atoms with Crippen molar-refractivity contribution in [1.82, 2.24) is 14.8 Å². The lowest BCUT2D eigenvalue weighted by Gasteiger charge is -2.12. The molecule has 1 aliphatic rings. The molecule has 0 bridgehead atoms. The number of ether oxygens (including phenoxy) is 3. The molecule has 166 valence electrons. The van der Waals surface area contributed by atoms with Crippen LogP contribution in [0.3, 0.4) is 0 Å². The number of hydrogen-bond donors (Lipinski definition) is 1. The summed E-state index contributed by atoms with van der Waals surface area (Å²) in [5.41, 5.74) is 1.30. The van der Waals surface area contributed by atoms with E-state index in [0.717, 1.165) is 19.4 Å². The van der Waals surface area contributed by atoms with E-state index in [1.165, 1.54) is 17.3 Å². The molecule has 1 atom stereocenters. The maximum Gasteiger partial charge on any atom is 0.338 e. The molecule has 32 heavy (non-hydrogen) atoms. The summed E-state index contributed by atoms with van der Waals surface area (Å²) >= 11 is 6.04. The minimum atomic E-state index is -0.617. The van der Waals surface area contributed by atoms with Crippen molar-refractivity contribution in [2.24, 2.45) is 0 Å². The van der Waals surface area contributed by atoms with Crippen LogP contribution in [0.25, 0.3) is 5.69 Å². The predicted molar refractivity (Wildman–Crippen MR) is 116 cm³/mol. The Hall–Kier alpha value is -3.43. The Morgan fingerprint density at radius 1 is 1.22 bits per heavy atom. The number of hydrogen-bond acceptors (Lipinski definition) is 7. The van der Waals surface area contributed by atoms with Gasteiger partial charge in [0.2, 0.25) is 0 Å². The van der Waals surface area contributed by atoms with Gasteiger partial charge in [0.15, 0.2) is 6.61 Å². The summed E-state index contributed by atoms with van der Waals surface area (Å²) in [6.07, 6.45) is 5.02. The molecule has 10 heteroatoms. The van der Waals surface area contributed by atoms with Crippen molar-refractivity contribution in [2.45, 2.75) is 18.9 Å².